The SMILES string of the molecule is [2H]C([2H])([2H])C(C)(CC(=O)Nc1c(C)cc(N2Cc3ccc(F)cc3C(O[Si](c3ccccc3)(c3ccccc3)C(C)(C)C)C2)cc1C)C([2H])([2H])[2H]. The number of rotatable bonds is 7. The maximum Gasteiger partial charge on any atom is 0.261 e. The van der Waals surface area contributed by atoms with Gasteiger partial charge in [-0.1, -0.05) is 108 Å². The maximum atomic E-state index is 14.9. The lowest BCUT2D eigenvalue weighted by Crippen LogP contribution is -2.67. The highest BCUT2D eigenvalue weighted by atomic mass is 28.4. The lowest BCUT2D eigenvalue weighted by molar-refractivity contribution is -0.117. The van der Waals surface area contributed by atoms with Crippen LogP contribution in [0.5, 0.6) is 0 Å². The summed E-state index contributed by atoms with van der Waals surface area (Å²) in [5, 5.41) is 4.75. The first-order valence-corrected chi connectivity index (χ1v) is 17.3. The Labute approximate surface area is 278 Å². The molecule has 4 nitrogen and oxygen atoms in total. The van der Waals surface area contributed by atoms with Crippen LogP contribution < -0.4 is 20.6 Å². The van der Waals surface area contributed by atoms with E-state index in [1.165, 1.54) is 6.07 Å². The fourth-order valence-corrected chi connectivity index (χ4v) is 11.2. The minimum Gasteiger partial charge on any atom is -0.399 e. The first-order chi connectivity index (χ1) is 23.7. The summed E-state index contributed by atoms with van der Waals surface area (Å²) in [6, 6.07) is 29.5. The number of benzene rings is 4. The van der Waals surface area contributed by atoms with Crippen molar-refractivity contribution in [2.24, 2.45) is 5.41 Å². The number of halogens is 1. The molecule has 0 radical (unpaired) electrons. The molecule has 236 valence electrons. The molecule has 1 amide bonds. The fraction of sp³-hybridized carbons (Fsp3) is 0.359. The van der Waals surface area contributed by atoms with Gasteiger partial charge in [-0.3, -0.25) is 4.79 Å². The van der Waals surface area contributed by atoms with Crippen LogP contribution in [0.3, 0.4) is 0 Å². The van der Waals surface area contributed by atoms with Crippen LogP contribution in [0.2, 0.25) is 5.04 Å². The predicted molar refractivity (Wildman–Crippen MR) is 188 cm³/mol. The lowest BCUT2D eigenvalue weighted by atomic mass is 9.92. The lowest BCUT2D eigenvalue weighted by Gasteiger charge is -2.47. The van der Waals surface area contributed by atoms with E-state index in [1.54, 1.807) is 6.07 Å². The minimum absolute atomic E-state index is 0.298. The normalized spacial score (nSPS) is 18.0. The van der Waals surface area contributed by atoms with Crippen LogP contribution in [0.4, 0.5) is 15.8 Å². The molecule has 0 fully saturated rings. The third kappa shape index (κ3) is 6.92. The van der Waals surface area contributed by atoms with Crippen molar-refractivity contribution in [3.63, 3.8) is 0 Å². The highest BCUT2D eigenvalue weighted by Gasteiger charge is 2.52. The second-order valence-electron chi connectivity index (χ2n) is 13.5. The molecule has 4 aromatic rings. The zero-order valence-corrected chi connectivity index (χ0v) is 28.0. The number of amides is 1. The van der Waals surface area contributed by atoms with Crippen molar-refractivity contribution in [3.8, 4) is 0 Å². The van der Waals surface area contributed by atoms with Crippen LogP contribution in [-0.4, -0.2) is 20.8 Å². The van der Waals surface area contributed by atoms with Crippen LogP contribution >= 0.6 is 0 Å². The summed E-state index contributed by atoms with van der Waals surface area (Å²) in [6.45, 7) is 6.66. The van der Waals surface area contributed by atoms with E-state index in [1.807, 2.05) is 68.4 Å². The summed E-state index contributed by atoms with van der Waals surface area (Å²) in [5.41, 5.74) is 2.40. The van der Waals surface area contributed by atoms with E-state index in [0.29, 0.717) is 18.8 Å². The summed E-state index contributed by atoms with van der Waals surface area (Å²) < 4.78 is 69.7. The molecule has 1 unspecified atom stereocenters. The first kappa shape index (κ1) is 25.4. The largest absolute Gasteiger partial charge is 0.399 e. The number of carbonyl (C=O) groups is 1. The van der Waals surface area contributed by atoms with Crippen molar-refractivity contribution in [3.05, 3.63) is 119 Å². The van der Waals surface area contributed by atoms with E-state index in [-0.39, 0.29) is 10.9 Å². The Morgan fingerprint density at radius 2 is 1.51 bits per heavy atom. The number of nitrogens with zero attached hydrogens (tertiary/aromatic N) is 1. The van der Waals surface area contributed by atoms with Crippen LogP contribution in [0.15, 0.2) is 91.0 Å². The van der Waals surface area contributed by atoms with Gasteiger partial charge in [0.2, 0.25) is 5.91 Å². The van der Waals surface area contributed by atoms with Crippen LogP contribution in [0.25, 0.3) is 0 Å². The standard InChI is InChI=1S/C39H47FN2O2Si/c1-27-21-31(22-28(2)37(27)41-36(43)24-38(3,4)5)42-25-29-19-20-30(40)23-34(29)35(26-42)44-45(39(6,7)8,32-15-11-9-12-16-32)33-17-13-10-14-18-33/h9-23,35H,24-26H2,1-8H3,(H,41,43)/i3D3,4D3. The topological polar surface area (TPSA) is 41.6 Å². The van der Waals surface area contributed by atoms with Crippen molar-refractivity contribution in [2.75, 3.05) is 16.8 Å². The van der Waals surface area contributed by atoms with E-state index in [0.717, 1.165) is 45.2 Å². The average Bonchev–Trinajstić information content (AvgIpc) is 3.04. The average molecular weight is 629 g/mol. The third-order valence-electron chi connectivity index (χ3n) is 8.60. The number of carbonyl (C=O) groups excluding carboxylic acids is 1. The predicted octanol–water partition coefficient (Wildman–Crippen LogP) is 8.46. The molecule has 1 atom stereocenters. The second-order valence-corrected chi connectivity index (χ2v) is 17.8. The van der Waals surface area contributed by atoms with Gasteiger partial charge in [-0.05, 0) is 81.2 Å². The fourth-order valence-electron chi connectivity index (χ4n) is 6.61. The number of fused-ring (bicyclic) bond motifs is 1. The van der Waals surface area contributed by atoms with Crippen molar-refractivity contribution in [1.29, 1.82) is 0 Å². The van der Waals surface area contributed by atoms with E-state index in [4.69, 9.17) is 12.7 Å². The Kier molecular flexibility index (Phi) is 7.11. The van der Waals surface area contributed by atoms with E-state index in [9.17, 15) is 9.18 Å². The molecule has 1 N–H and O–H groups in total. The molecular weight excluding hydrogens is 576 g/mol. The van der Waals surface area contributed by atoms with Gasteiger partial charge in [0.15, 0.2) is 0 Å². The number of hydrogen-bond donors (Lipinski definition) is 1. The summed E-state index contributed by atoms with van der Waals surface area (Å²) >= 11 is 0. The maximum absolute atomic E-state index is 14.9. The van der Waals surface area contributed by atoms with Gasteiger partial charge in [-0.2, -0.15) is 0 Å². The number of anilines is 2. The minimum atomic E-state index is -3.03. The molecule has 1 heterocycles. The summed E-state index contributed by atoms with van der Waals surface area (Å²) in [5.74, 6) is -1.01. The molecule has 0 spiro atoms. The Morgan fingerprint density at radius 3 is 2.04 bits per heavy atom. The summed E-state index contributed by atoms with van der Waals surface area (Å²) in [6.07, 6.45) is -1.17. The number of hydrogen-bond acceptors (Lipinski definition) is 3. The number of nitrogens with one attached hydrogen (secondary N) is 1. The van der Waals surface area contributed by atoms with E-state index in [2.05, 4.69) is 55.3 Å². The molecule has 5 rings (SSSR count). The monoisotopic (exact) mass is 628 g/mol. The molecule has 0 bridgehead atoms. The molecule has 1 aliphatic rings. The highest BCUT2D eigenvalue weighted by Crippen LogP contribution is 2.43. The van der Waals surface area contributed by atoms with E-state index >= 15 is 0 Å². The van der Waals surface area contributed by atoms with Gasteiger partial charge in [0.25, 0.3) is 8.32 Å². The van der Waals surface area contributed by atoms with Gasteiger partial charge in [0.1, 0.15) is 5.82 Å². The molecular formula is C39H47FN2O2Si. The van der Waals surface area contributed by atoms with Crippen LogP contribution in [0, 0.1) is 25.1 Å². The quantitative estimate of drug-likeness (QED) is 0.209. The molecule has 0 saturated heterocycles. The van der Waals surface area contributed by atoms with Crippen molar-refractivity contribution in [2.45, 2.75) is 79.4 Å². The molecule has 1 aliphatic heterocycles. The molecule has 0 saturated carbocycles. The summed E-state index contributed by atoms with van der Waals surface area (Å²) in [4.78, 5) is 15.4. The van der Waals surface area contributed by atoms with Crippen LogP contribution in [-0.2, 0) is 15.8 Å². The van der Waals surface area contributed by atoms with Gasteiger partial charge in [0.05, 0.1) is 6.10 Å². The Bertz CT molecular complexity index is 1800. The highest BCUT2D eigenvalue weighted by molar-refractivity contribution is 6.99. The Morgan fingerprint density at radius 1 is 0.933 bits per heavy atom. The van der Waals surface area contributed by atoms with Gasteiger partial charge < -0.3 is 14.6 Å². The molecule has 0 aliphatic carbocycles. The molecule has 6 heteroatoms. The molecule has 0 aromatic heterocycles. The smallest absolute Gasteiger partial charge is 0.261 e. The van der Waals surface area contributed by atoms with Gasteiger partial charge >= 0.3 is 0 Å². The van der Waals surface area contributed by atoms with Crippen LogP contribution in [0.1, 0.15) is 84.4 Å². The number of aryl methyl sites for hydroxylation is 2. The third-order valence-corrected chi connectivity index (χ3v) is 13.6. The van der Waals surface area contributed by atoms with E-state index < -0.39 is 45.9 Å². The van der Waals surface area contributed by atoms with Crippen molar-refractivity contribution >= 4 is 36.0 Å². The van der Waals surface area contributed by atoms with Gasteiger partial charge in [0, 0.05) is 39.1 Å². The second kappa shape index (κ2) is 12.6. The van der Waals surface area contributed by atoms with Crippen molar-refractivity contribution < 1.29 is 21.8 Å². The zero-order chi connectivity index (χ0) is 37.6. The molecule has 45 heavy (non-hydrogen) atoms. The summed E-state index contributed by atoms with van der Waals surface area (Å²) in [7, 11) is -3.03. The van der Waals surface area contributed by atoms with Crippen molar-refractivity contribution in [1.82, 2.24) is 0 Å². The Hall–Kier alpha value is -3.74. The Balaban J connectivity index is 1.53. The van der Waals surface area contributed by atoms with Gasteiger partial charge in [-0.25, -0.2) is 4.39 Å². The molecule has 4 aromatic carbocycles. The van der Waals surface area contributed by atoms with Gasteiger partial charge in [-0.15, -0.1) is 0 Å². The zero-order valence-electron chi connectivity index (χ0n) is 33.0. The first-order valence-electron chi connectivity index (χ1n) is 18.4.